The Hall–Kier alpha value is -2.16. The van der Waals surface area contributed by atoms with Crippen LogP contribution in [0.25, 0.3) is 0 Å². The second kappa shape index (κ2) is 6.53. The van der Waals surface area contributed by atoms with Crippen molar-refractivity contribution in [3.63, 3.8) is 0 Å². The third-order valence-electron chi connectivity index (χ3n) is 3.01. The monoisotopic (exact) mass is 358 g/mol. The molecule has 0 unspecified atom stereocenters. The first kappa shape index (κ1) is 17.2. The topological polar surface area (TPSA) is 109 Å². The van der Waals surface area contributed by atoms with E-state index in [2.05, 4.69) is 5.32 Å². The number of carboxylic acids is 1. The van der Waals surface area contributed by atoms with Crippen LogP contribution in [-0.2, 0) is 16.6 Å². The van der Waals surface area contributed by atoms with E-state index in [9.17, 15) is 22.7 Å². The number of carbonyl (C=O) groups is 1. The summed E-state index contributed by atoms with van der Waals surface area (Å²) in [7, 11) is -4.14. The molecule has 0 aliphatic heterocycles. The number of carboxylic acid groups (broad SMARTS) is 1. The first-order valence-electron chi connectivity index (χ1n) is 6.26. The van der Waals surface area contributed by atoms with Crippen LogP contribution in [0.4, 0.5) is 10.1 Å². The molecule has 0 aromatic heterocycles. The lowest BCUT2D eigenvalue weighted by Gasteiger charge is -2.12. The number of nitrogens with two attached hydrogens (primary N) is 1. The SMILES string of the molecule is NS(=O)(=O)c1cc(C(=O)O)c(NCc2ccc(F)cc2)cc1Cl. The first-order valence-corrected chi connectivity index (χ1v) is 8.19. The van der Waals surface area contributed by atoms with Crippen molar-refractivity contribution in [2.45, 2.75) is 11.4 Å². The molecule has 0 aliphatic rings. The average Bonchev–Trinajstić information content (AvgIpc) is 2.45. The molecule has 2 aromatic rings. The summed E-state index contributed by atoms with van der Waals surface area (Å²) in [5, 5.41) is 16.8. The average molecular weight is 359 g/mol. The summed E-state index contributed by atoms with van der Waals surface area (Å²) < 4.78 is 35.6. The van der Waals surface area contributed by atoms with Gasteiger partial charge in [-0.3, -0.25) is 0 Å². The summed E-state index contributed by atoms with van der Waals surface area (Å²) in [6.07, 6.45) is 0. The zero-order valence-electron chi connectivity index (χ0n) is 11.6. The molecular weight excluding hydrogens is 347 g/mol. The molecule has 0 bridgehead atoms. The predicted molar refractivity (Wildman–Crippen MR) is 83.5 cm³/mol. The molecule has 0 spiro atoms. The summed E-state index contributed by atoms with van der Waals surface area (Å²) in [5.74, 6) is -1.73. The van der Waals surface area contributed by atoms with E-state index in [4.69, 9.17) is 16.7 Å². The highest BCUT2D eigenvalue weighted by atomic mass is 35.5. The minimum atomic E-state index is -4.14. The summed E-state index contributed by atoms with van der Waals surface area (Å²) in [6, 6.07) is 7.67. The Morgan fingerprint density at radius 1 is 1.26 bits per heavy atom. The van der Waals surface area contributed by atoms with Gasteiger partial charge in [0.2, 0.25) is 10.0 Å². The Bertz CT molecular complexity index is 854. The lowest BCUT2D eigenvalue weighted by atomic mass is 10.1. The van der Waals surface area contributed by atoms with Gasteiger partial charge in [-0.05, 0) is 29.8 Å². The van der Waals surface area contributed by atoms with Crippen molar-refractivity contribution in [1.29, 1.82) is 0 Å². The second-order valence-corrected chi connectivity index (χ2v) is 6.60. The summed E-state index contributed by atoms with van der Waals surface area (Å²) in [4.78, 5) is 10.8. The zero-order valence-corrected chi connectivity index (χ0v) is 13.2. The van der Waals surface area contributed by atoms with Crippen molar-refractivity contribution >= 4 is 33.3 Å². The molecule has 23 heavy (non-hydrogen) atoms. The van der Waals surface area contributed by atoms with Crippen molar-refractivity contribution in [2.75, 3.05) is 5.32 Å². The maximum Gasteiger partial charge on any atom is 0.337 e. The van der Waals surface area contributed by atoms with E-state index >= 15 is 0 Å². The number of primary sulfonamides is 1. The van der Waals surface area contributed by atoms with Crippen LogP contribution in [0.2, 0.25) is 5.02 Å². The highest BCUT2D eigenvalue weighted by Gasteiger charge is 2.20. The van der Waals surface area contributed by atoms with E-state index in [1.807, 2.05) is 0 Å². The Morgan fingerprint density at radius 2 is 1.87 bits per heavy atom. The zero-order chi connectivity index (χ0) is 17.2. The Kier molecular flexibility index (Phi) is 4.88. The van der Waals surface area contributed by atoms with Gasteiger partial charge in [0.05, 0.1) is 16.3 Å². The quantitative estimate of drug-likeness (QED) is 0.760. The van der Waals surface area contributed by atoms with Crippen LogP contribution in [0.15, 0.2) is 41.3 Å². The summed E-state index contributed by atoms with van der Waals surface area (Å²) >= 11 is 5.85. The van der Waals surface area contributed by atoms with E-state index in [1.54, 1.807) is 0 Å². The van der Waals surface area contributed by atoms with Gasteiger partial charge in [0.25, 0.3) is 0 Å². The molecule has 0 saturated heterocycles. The molecule has 0 atom stereocenters. The molecule has 6 nitrogen and oxygen atoms in total. The van der Waals surface area contributed by atoms with Crippen LogP contribution < -0.4 is 10.5 Å². The van der Waals surface area contributed by atoms with Gasteiger partial charge in [0.1, 0.15) is 10.7 Å². The molecule has 0 heterocycles. The smallest absolute Gasteiger partial charge is 0.337 e. The van der Waals surface area contributed by atoms with E-state index < -0.39 is 20.9 Å². The molecule has 9 heteroatoms. The van der Waals surface area contributed by atoms with E-state index in [0.29, 0.717) is 5.56 Å². The molecule has 2 aromatic carbocycles. The number of benzene rings is 2. The predicted octanol–water partition coefficient (Wildman–Crippen LogP) is 2.44. The summed E-state index contributed by atoms with van der Waals surface area (Å²) in [6.45, 7) is 0.200. The lowest BCUT2D eigenvalue weighted by molar-refractivity contribution is 0.0697. The lowest BCUT2D eigenvalue weighted by Crippen LogP contribution is -2.15. The molecule has 0 fully saturated rings. The van der Waals surface area contributed by atoms with Crippen LogP contribution in [-0.4, -0.2) is 19.5 Å². The number of rotatable bonds is 5. The largest absolute Gasteiger partial charge is 0.478 e. The van der Waals surface area contributed by atoms with Crippen LogP contribution >= 0.6 is 11.6 Å². The van der Waals surface area contributed by atoms with Gasteiger partial charge in [-0.1, -0.05) is 23.7 Å². The normalized spacial score (nSPS) is 11.3. The third kappa shape index (κ3) is 4.19. The van der Waals surface area contributed by atoms with Crippen molar-refractivity contribution in [2.24, 2.45) is 5.14 Å². The fraction of sp³-hybridized carbons (Fsp3) is 0.0714. The van der Waals surface area contributed by atoms with Crippen molar-refractivity contribution in [1.82, 2.24) is 0 Å². The van der Waals surface area contributed by atoms with Gasteiger partial charge in [-0.2, -0.15) is 0 Å². The van der Waals surface area contributed by atoms with Crippen molar-refractivity contribution in [3.8, 4) is 0 Å². The van der Waals surface area contributed by atoms with E-state index in [1.165, 1.54) is 30.3 Å². The molecule has 4 N–H and O–H groups in total. The van der Waals surface area contributed by atoms with Gasteiger partial charge in [-0.15, -0.1) is 0 Å². The molecule has 2 rings (SSSR count). The number of nitrogens with one attached hydrogen (secondary N) is 1. The maximum absolute atomic E-state index is 12.8. The molecule has 0 saturated carbocycles. The molecule has 0 aliphatic carbocycles. The number of sulfonamides is 1. The molecule has 0 amide bonds. The third-order valence-corrected chi connectivity index (χ3v) is 4.38. The fourth-order valence-electron chi connectivity index (χ4n) is 1.89. The van der Waals surface area contributed by atoms with E-state index in [-0.39, 0.29) is 28.6 Å². The Balaban J connectivity index is 2.36. The van der Waals surface area contributed by atoms with Crippen molar-refractivity contribution in [3.05, 3.63) is 58.4 Å². The Morgan fingerprint density at radius 3 is 2.39 bits per heavy atom. The number of hydrogen-bond donors (Lipinski definition) is 3. The molecule has 0 radical (unpaired) electrons. The maximum atomic E-state index is 12.8. The van der Waals surface area contributed by atoms with Crippen LogP contribution in [0.3, 0.4) is 0 Å². The molecular formula is C14H12ClFN2O4S. The highest BCUT2D eigenvalue weighted by molar-refractivity contribution is 7.89. The second-order valence-electron chi connectivity index (χ2n) is 4.66. The fourth-order valence-corrected chi connectivity index (χ4v) is 2.99. The highest BCUT2D eigenvalue weighted by Crippen LogP contribution is 2.28. The van der Waals surface area contributed by atoms with Crippen LogP contribution in [0, 0.1) is 5.82 Å². The standard InChI is InChI=1S/C14H12ClFN2O4S/c15-11-6-12(18-7-8-1-3-9(16)4-2-8)10(14(19)20)5-13(11)23(17,21)22/h1-6,18H,7H2,(H,19,20)(H2,17,21,22). The van der Waals surface area contributed by atoms with Gasteiger partial charge in [0, 0.05) is 6.54 Å². The molecule has 122 valence electrons. The van der Waals surface area contributed by atoms with Crippen LogP contribution in [0.1, 0.15) is 15.9 Å². The van der Waals surface area contributed by atoms with Gasteiger partial charge >= 0.3 is 5.97 Å². The van der Waals surface area contributed by atoms with Crippen molar-refractivity contribution < 1.29 is 22.7 Å². The minimum absolute atomic E-state index is 0.124. The van der Waals surface area contributed by atoms with Gasteiger partial charge in [-0.25, -0.2) is 22.7 Å². The number of anilines is 1. The van der Waals surface area contributed by atoms with E-state index in [0.717, 1.165) is 6.07 Å². The first-order chi connectivity index (χ1) is 10.7. The Labute approximate surface area is 136 Å². The number of halogens is 2. The van der Waals surface area contributed by atoms with Gasteiger partial charge in [0.15, 0.2) is 0 Å². The number of hydrogen-bond acceptors (Lipinski definition) is 4. The minimum Gasteiger partial charge on any atom is -0.478 e. The number of aromatic carboxylic acids is 1. The van der Waals surface area contributed by atoms with Crippen LogP contribution in [0.5, 0.6) is 0 Å². The summed E-state index contributed by atoms with van der Waals surface area (Å²) in [5.41, 5.74) is 0.536. The van der Waals surface area contributed by atoms with Gasteiger partial charge < -0.3 is 10.4 Å².